The smallest absolute Gasteiger partial charge is 0.259 e. The number of carbonyl (C=O) groups excluding carboxylic acids is 1. The molecule has 0 saturated carbocycles. The third-order valence-corrected chi connectivity index (χ3v) is 3.59. The number of hydrogen-bond donors (Lipinski definition) is 2. The summed E-state index contributed by atoms with van der Waals surface area (Å²) >= 11 is 0. The van der Waals surface area contributed by atoms with E-state index < -0.39 is 11.7 Å². The number of aromatic nitrogens is 2. The molecule has 0 bridgehead atoms. The summed E-state index contributed by atoms with van der Waals surface area (Å²) in [7, 11) is 0. The highest BCUT2D eigenvalue weighted by atomic mass is 19.1. The molecule has 0 unspecified atom stereocenters. The van der Waals surface area contributed by atoms with E-state index in [0.717, 1.165) is 13.0 Å². The third kappa shape index (κ3) is 4.60. The van der Waals surface area contributed by atoms with Crippen molar-refractivity contribution in [2.24, 2.45) is 0 Å². The second kappa shape index (κ2) is 8.01. The van der Waals surface area contributed by atoms with Gasteiger partial charge in [0.2, 0.25) is 0 Å². The molecule has 1 aromatic heterocycles. The van der Waals surface area contributed by atoms with Crippen LogP contribution in [-0.2, 0) is 6.42 Å². The molecule has 5 nitrogen and oxygen atoms in total. The molecule has 0 radical (unpaired) electrons. The molecule has 6 heteroatoms. The number of hydrogen-bond acceptors (Lipinski definition) is 4. The fraction of sp³-hybridized carbons (Fsp3) is 0.105. The zero-order chi connectivity index (χ0) is 17.5. The Kier molecular flexibility index (Phi) is 5.31. The Hall–Kier alpha value is -3.28. The fourth-order valence-electron chi connectivity index (χ4n) is 2.30. The lowest BCUT2D eigenvalue weighted by atomic mass is 10.1. The molecule has 1 amide bonds. The molecule has 25 heavy (non-hydrogen) atoms. The molecule has 3 aromatic rings. The number of amides is 1. The predicted octanol–water partition coefficient (Wildman–Crippen LogP) is 3.52. The summed E-state index contributed by atoms with van der Waals surface area (Å²) < 4.78 is 13.6. The van der Waals surface area contributed by atoms with Gasteiger partial charge in [0.05, 0.1) is 5.56 Å². The van der Waals surface area contributed by atoms with E-state index in [4.69, 9.17) is 0 Å². The molecular weight excluding hydrogens is 319 g/mol. The van der Waals surface area contributed by atoms with Crippen LogP contribution >= 0.6 is 0 Å². The molecule has 0 aliphatic heterocycles. The zero-order valence-electron chi connectivity index (χ0n) is 13.4. The van der Waals surface area contributed by atoms with Crippen LogP contribution in [0.25, 0.3) is 0 Å². The van der Waals surface area contributed by atoms with Gasteiger partial charge >= 0.3 is 0 Å². The van der Waals surface area contributed by atoms with Gasteiger partial charge in [-0.2, -0.15) is 0 Å². The molecule has 0 aliphatic rings. The maximum Gasteiger partial charge on any atom is 0.259 e. The van der Waals surface area contributed by atoms with Crippen LogP contribution in [0, 0.1) is 5.82 Å². The summed E-state index contributed by atoms with van der Waals surface area (Å²) in [6.07, 6.45) is 0.869. The van der Waals surface area contributed by atoms with Crippen molar-refractivity contribution in [1.82, 2.24) is 10.2 Å². The van der Waals surface area contributed by atoms with Gasteiger partial charge in [0, 0.05) is 6.54 Å². The van der Waals surface area contributed by atoms with E-state index in [0.29, 0.717) is 5.82 Å². The average Bonchev–Trinajstić information content (AvgIpc) is 2.64. The average molecular weight is 336 g/mol. The van der Waals surface area contributed by atoms with Crippen molar-refractivity contribution >= 4 is 17.5 Å². The summed E-state index contributed by atoms with van der Waals surface area (Å²) in [6, 6.07) is 19.2. The summed E-state index contributed by atoms with van der Waals surface area (Å²) in [6.45, 7) is 0.722. The van der Waals surface area contributed by atoms with Crippen molar-refractivity contribution in [2.45, 2.75) is 6.42 Å². The molecule has 2 N–H and O–H groups in total. The molecule has 0 aliphatic carbocycles. The lowest BCUT2D eigenvalue weighted by Gasteiger charge is -2.07. The number of benzene rings is 2. The van der Waals surface area contributed by atoms with E-state index >= 15 is 0 Å². The van der Waals surface area contributed by atoms with E-state index in [1.54, 1.807) is 18.2 Å². The van der Waals surface area contributed by atoms with Crippen molar-refractivity contribution in [3.8, 4) is 0 Å². The monoisotopic (exact) mass is 336 g/mol. The Labute approximate surface area is 144 Å². The van der Waals surface area contributed by atoms with E-state index in [-0.39, 0.29) is 11.4 Å². The van der Waals surface area contributed by atoms with Crippen LogP contribution in [0.4, 0.5) is 16.0 Å². The third-order valence-electron chi connectivity index (χ3n) is 3.59. The van der Waals surface area contributed by atoms with Gasteiger partial charge in [-0.05, 0) is 36.2 Å². The number of nitrogens with zero attached hydrogens (tertiary/aromatic N) is 2. The van der Waals surface area contributed by atoms with Crippen molar-refractivity contribution in [2.75, 3.05) is 17.2 Å². The van der Waals surface area contributed by atoms with Gasteiger partial charge in [0.15, 0.2) is 5.82 Å². The van der Waals surface area contributed by atoms with Crippen molar-refractivity contribution in [3.05, 3.63) is 83.7 Å². The molecule has 0 saturated heterocycles. The normalized spacial score (nSPS) is 10.3. The SMILES string of the molecule is O=C(Nc1ccc(NCCc2ccccc2)nn1)c1ccccc1F. The number of nitrogens with one attached hydrogen (secondary N) is 2. The first-order valence-electron chi connectivity index (χ1n) is 7.90. The molecule has 0 fully saturated rings. The van der Waals surface area contributed by atoms with Gasteiger partial charge in [-0.25, -0.2) is 4.39 Å². The highest BCUT2D eigenvalue weighted by Gasteiger charge is 2.11. The van der Waals surface area contributed by atoms with Gasteiger partial charge in [-0.15, -0.1) is 10.2 Å². The summed E-state index contributed by atoms with van der Waals surface area (Å²) in [5.41, 5.74) is 1.20. The lowest BCUT2D eigenvalue weighted by molar-refractivity contribution is 0.102. The van der Waals surface area contributed by atoms with Gasteiger partial charge in [-0.1, -0.05) is 42.5 Å². The molecule has 126 valence electrons. The van der Waals surface area contributed by atoms with E-state index in [9.17, 15) is 9.18 Å². The van der Waals surface area contributed by atoms with E-state index in [2.05, 4.69) is 33.0 Å². The Balaban J connectivity index is 1.53. The molecular formula is C19H17FN4O. The minimum atomic E-state index is -0.577. The molecule has 3 rings (SSSR count). The minimum absolute atomic E-state index is 0.0330. The maximum absolute atomic E-state index is 13.6. The number of rotatable bonds is 6. The first-order chi connectivity index (χ1) is 12.2. The second-order valence-electron chi connectivity index (χ2n) is 5.40. The van der Waals surface area contributed by atoms with Gasteiger partial charge in [0.25, 0.3) is 5.91 Å². The first kappa shape index (κ1) is 16.6. The topological polar surface area (TPSA) is 66.9 Å². The minimum Gasteiger partial charge on any atom is -0.368 e. The Bertz CT molecular complexity index is 838. The van der Waals surface area contributed by atoms with Gasteiger partial charge in [0.1, 0.15) is 11.6 Å². The Morgan fingerprint density at radius 1 is 0.880 bits per heavy atom. The second-order valence-corrected chi connectivity index (χ2v) is 5.40. The fourth-order valence-corrected chi connectivity index (χ4v) is 2.30. The lowest BCUT2D eigenvalue weighted by Crippen LogP contribution is -2.15. The van der Waals surface area contributed by atoms with Crippen molar-refractivity contribution in [3.63, 3.8) is 0 Å². The van der Waals surface area contributed by atoms with Crippen LogP contribution in [0.1, 0.15) is 15.9 Å². The maximum atomic E-state index is 13.6. The van der Waals surface area contributed by atoms with Gasteiger partial charge < -0.3 is 10.6 Å². The van der Waals surface area contributed by atoms with Crippen LogP contribution in [0.15, 0.2) is 66.7 Å². The number of carbonyl (C=O) groups is 1. The van der Waals surface area contributed by atoms with Crippen molar-refractivity contribution < 1.29 is 9.18 Å². The Morgan fingerprint density at radius 2 is 1.56 bits per heavy atom. The van der Waals surface area contributed by atoms with Crippen LogP contribution in [-0.4, -0.2) is 22.6 Å². The molecule has 0 atom stereocenters. The summed E-state index contributed by atoms with van der Waals surface area (Å²) in [4.78, 5) is 12.0. The van der Waals surface area contributed by atoms with Crippen LogP contribution in [0.5, 0.6) is 0 Å². The van der Waals surface area contributed by atoms with Gasteiger partial charge in [-0.3, -0.25) is 4.79 Å². The largest absolute Gasteiger partial charge is 0.368 e. The van der Waals surface area contributed by atoms with Crippen LogP contribution in [0.2, 0.25) is 0 Å². The Morgan fingerprint density at radius 3 is 2.28 bits per heavy atom. The molecule has 2 aromatic carbocycles. The van der Waals surface area contributed by atoms with Crippen LogP contribution in [0.3, 0.4) is 0 Å². The molecule has 0 spiro atoms. The molecule has 1 heterocycles. The highest BCUT2D eigenvalue weighted by molar-refractivity contribution is 6.03. The predicted molar refractivity (Wildman–Crippen MR) is 95.0 cm³/mol. The first-order valence-corrected chi connectivity index (χ1v) is 7.90. The highest BCUT2D eigenvalue weighted by Crippen LogP contribution is 2.11. The summed E-state index contributed by atoms with van der Waals surface area (Å²) in [5, 5.41) is 13.6. The number of halogens is 1. The zero-order valence-corrected chi connectivity index (χ0v) is 13.4. The summed E-state index contributed by atoms with van der Waals surface area (Å²) in [5.74, 6) is -0.258. The standard InChI is InChI=1S/C19H17FN4O/c20-16-9-5-4-8-15(16)19(25)22-18-11-10-17(23-24-18)21-13-12-14-6-2-1-3-7-14/h1-11H,12-13H2,(H,21,23)(H,22,24,25). The quantitative estimate of drug-likeness (QED) is 0.723. The van der Waals surface area contributed by atoms with Crippen molar-refractivity contribution in [1.29, 1.82) is 0 Å². The van der Waals surface area contributed by atoms with Crippen LogP contribution < -0.4 is 10.6 Å². The van der Waals surface area contributed by atoms with E-state index in [1.807, 2.05) is 18.2 Å². The number of anilines is 2. The van der Waals surface area contributed by atoms with E-state index in [1.165, 1.54) is 23.8 Å².